The van der Waals surface area contributed by atoms with Gasteiger partial charge in [-0.3, -0.25) is 0 Å². The summed E-state index contributed by atoms with van der Waals surface area (Å²) in [6.45, 7) is 0.540. The Bertz CT molecular complexity index is 696. The quantitative estimate of drug-likeness (QED) is 0.812. The molecule has 1 fully saturated rings. The molecule has 0 radical (unpaired) electrons. The van der Waals surface area contributed by atoms with E-state index in [9.17, 15) is 8.42 Å². The van der Waals surface area contributed by atoms with Gasteiger partial charge >= 0.3 is 0 Å². The van der Waals surface area contributed by atoms with Gasteiger partial charge in [0.15, 0.2) is 0 Å². The van der Waals surface area contributed by atoms with E-state index in [0.29, 0.717) is 17.2 Å². The van der Waals surface area contributed by atoms with E-state index in [4.69, 9.17) is 4.74 Å². The molecule has 2 aromatic carbocycles. The van der Waals surface area contributed by atoms with E-state index < -0.39 is 10.0 Å². The molecule has 4 nitrogen and oxygen atoms in total. The van der Waals surface area contributed by atoms with Crippen LogP contribution < -0.4 is 4.74 Å². The summed E-state index contributed by atoms with van der Waals surface area (Å²) in [7, 11) is -1.86. The SMILES string of the molecule is COc1ccc(S(=O)(=O)N2CC2c2ccccc2)cc1. The molecule has 0 amide bonds. The summed E-state index contributed by atoms with van der Waals surface area (Å²) in [5.74, 6) is 0.648. The van der Waals surface area contributed by atoms with Gasteiger partial charge in [-0.1, -0.05) is 30.3 Å². The molecule has 1 aliphatic rings. The van der Waals surface area contributed by atoms with Gasteiger partial charge in [0, 0.05) is 6.54 Å². The van der Waals surface area contributed by atoms with Gasteiger partial charge in [0.05, 0.1) is 18.0 Å². The number of methoxy groups -OCH3 is 1. The van der Waals surface area contributed by atoms with Crippen molar-refractivity contribution in [2.75, 3.05) is 13.7 Å². The minimum atomic E-state index is -3.41. The highest BCUT2D eigenvalue weighted by Gasteiger charge is 2.45. The summed E-state index contributed by atoms with van der Waals surface area (Å²) >= 11 is 0. The fourth-order valence-electron chi connectivity index (χ4n) is 2.22. The Hall–Kier alpha value is -1.85. The third kappa shape index (κ3) is 2.30. The molecule has 1 saturated heterocycles. The van der Waals surface area contributed by atoms with E-state index >= 15 is 0 Å². The van der Waals surface area contributed by atoms with Gasteiger partial charge in [-0.15, -0.1) is 0 Å². The minimum Gasteiger partial charge on any atom is -0.497 e. The van der Waals surface area contributed by atoms with Crippen LogP contribution in [0.15, 0.2) is 59.5 Å². The van der Waals surface area contributed by atoms with Crippen LogP contribution in [0.4, 0.5) is 0 Å². The van der Waals surface area contributed by atoms with E-state index in [2.05, 4.69) is 0 Å². The molecule has 2 aromatic rings. The van der Waals surface area contributed by atoms with Crippen molar-refractivity contribution in [3.63, 3.8) is 0 Å². The predicted octanol–water partition coefficient (Wildman–Crippen LogP) is 2.44. The molecule has 0 bridgehead atoms. The molecular weight excluding hydrogens is 274 g/mol. The third-order valence-electron chi connectivity index (χ3n) is 3.42. The predicted molar refractivity (Wildman–Crippen MR) is 76.1 cm³/mol. The lowest BCUT2D eigenvalue weighted by Gasteiger charge is -2.07. The maximum Gasteiger partial charge on any atom is 0.243 e. The molecule has 2 atom stereocenters. The van der Waals surface area contributed by atoms with Crippen LogP contribution >= 0.6 is 0 Å². The van der Waals surface area contributed by atoms with Gasteiger partial charge in [0.1, 0.15) is 5.75 Å². The Morgan fingerprint density at radius 2 is 1.70 bits per heavy atom. The molecule has 0 aliphatic carbocycles. The third-order valence-corrected chi connectivity index (χ3v) is 5.31. The van der Waals surface area contributed by atoms with Crippen molar-refractivity contribution in [3.05, 3.63) is 60.2 Å². The topological polar surface area (TPSA) is 46.4 Å². The molecule has 5 heteroatoms. The lowest BCUT2D eigenvalue weighted by Crippen LogP contribution is -2.12. The van der Waals surface area contributed by atoms with Crippen LogP contribution in [-0.2, 0) is 10.0 Å². The molecule has 2 unspecified atom stereocenters. The Morgan fingerprint density at radius 1 is 1.05 bits per heavy atom. The van der Waals surface area contributed by atoms with Gasteiger partial charge in [0.2, 0.25) is 10.0 Å². The number of nitrogens with zero attached hydrogens (tertiary/aromatic N) is 1. The van der Waals surface area contributed by atoms with Crippen molar-refractivity contribution < 1.29 is 13.2 Å². The zero-order valence-corrected chi connectivity index (χ0v) is 11.9. The zero-order valence-electron chi connectivity index (χ0n) is 11.1. The van der Waals surface area contributed by atoms with Crippen LogP contribution in [0.5, 0.6) is 5.75 Å². The maximum atomic E-state index is 12.5. The number of ether oxygens (including phenoxy) is 1. The van der Waals surface area contributed by atoms with Crippen LogP contribution in [-0.4, -0.2) is 26.4 Å². The normalized spacial score (nSPS) is 21.4. The minimum absolute atomic E-state index is 0.0386. The Labute approximate surface area is 118 Å². The fourth-order valence-corrected chi connectivity index (χ4v) is 3.76. The molecule has 3 rings (SSSR count). The van der Waals surface area contributed by atoms with Crippen molar-refractivity contribution in [1.29, 1.82) is 0 Å². The fraction of sp³-hybridized carbons (Fsp3) is 0.200. The van der Waals surface area contributed by atoms with Crippen molar-refractivity contribution >= 4 is 10.0 Å². The van der Waals surface area contributed by atoms with E-state index in [1.807, 2.05) is 30.3 Å². The summed E-state index contributed by atoms with van der Waals surface area (Å²) < 4.78 is 31.5. The van der Waals surface area contributed by atoms with Gasteiger partial charge in [-0.05, 0) is 29.8 Å². The number of hydrogen-bond donors (Lipinski definition) is 0. The Kier molecular flexibility index (Phi) is 3.23. The van der Waals surface area contributed by atoms with Gasteiger partial charge in [-0.25, -0.2) is 8.42 Å². The van der Waals surface area contributed by atoms with Crippen LogP contribution in [0, 0.1) is 0 Å². The highest BCUT2D eigenvalue weighted by Crippen LogP contribution is 2.40. The summed E-state index contributed by atoms with van der Waals surface area (Å²) in [5.41, 5.74) is 1.03. The van der Waals surface area contributed by atoms with Crippen molar-refractivity contribution in [2.45, 2.75) is 10.9 Å². The first kappa shape index (κ1) is 13.1. The van der Waals surface area contributed by atoms with Crippen LogP contribution in [0.1, 0.15) is 11.6 Å². The first-order chi connectivity index (χ1) is 9.63. The van der Waals surface area contributed by atoms with Crippen LogP contribution in [0.2, 0.25) is 0 Å². The largest absolute Gasteiger partial charge is 0.497 e. The van der Waals surface area contributed by atoms with Gasteiger partial charge in [-0.2, -0.15) is 4.31 Å². The average Bonchev–Trinajstić information content (AvgIpc) is 3.29. The van der Waals surface area contributed by atoms with Crippen molar-refractivity contribution in [1.82, 2.24) is 4.31 Å². The Morgan fingerprint density at radius 3 is 2.30 bits per heavy atom. The molecule has 0 saturated carbocycles. The second-order valence-electron chi connectivity index (χ2n) is 4.68. The van der Waals surface area contributed by atoms with Gasteiger partial charge in [0.25, 0.3) is 0 Å². The molecule has 0 N–H and O–H groups in total. The molecule has 0 aromatic heterocycles. The van der Waals surface area contributed by atoms with Crippen molar-refractivity contribution in [2.24, 2.45) is 0 Å². The molecule has 20 heavy (non-hydrogen) atoms. The smallest absolute Gasteiger partial charge is 0.243 e. The number of hydrogen-bond acceptors (Lipinski definition) is 3. The average molecular weight is 289 g/mol. The number of sulfonamides is 1. The molecular formula is C15H15NO3S. The summed E-state index contributed by atoms with van der Waals surface area (Å²) in [4.78, 5) is 0.303. The lowest BCUT2D eigenvalue weighted by atomic mass is 10.2. The summed E-state index contributed by atoms with van der Waals surface area (Å²) in [5, 5.41) is 0. The molecule has 1 aliphatic heterocycles. The standard InChI is InChI=1S/C15H15NO3S/c1-19-13-7-9-14(10-8-13)20(17,18)16-11-15(16)12-5-3-2-4-6-12/h2-10,15H,11H2,1H3. The van der Waals surface area contributed by atoms with E-state index in [0.717, 1.165) is 5.56 Å². The van der Waals surface area contributed by atoms with Gasteiger partial charge < -0.3 is 4.74 Å². The Balaban J connectivity index is 1.83. The molecule has 1 heterocycles. The first-order valence-electron chi connectivity index (χ1n) is 6.34. The monoisotopic (exact) mass is 289 g/mol. The summed E-state index contributed by atoms with van der Waals surface area (Å²) in [6, 6.07) is 16.1. The van der Waals surface area contributed by atoms with Crippen LogP contribution in [0.25, 0.3) is 0 Å². The molecule has 0 spiro atoms. The number of benzene rings is 2. The summed E-state index contributed by atoms with van der Waals surface area (Å²) in [6.07, 6.45) is 0. The maximum absolute atomic E-state index is 12.5. The van der Waals surface area contributed by atoms with E-state index in [1.54, 1.807) is 31.4 Å². The highest BCUT2D eigenvalue weighted by molar-refractivity contribution is 7.89. The van der Waals surface area contributed by atoms with E-state index in [-0.39, 0.29) is 6.04 Å². The number of rotatable bonds is 4. The lowest BCUT2D eigenvalue weighted by molar-refractivity contribution is 0.414. The molecule has 104 valence electrons. The second-order valence-corrected chi connectivity index (χ2v) is 6.57. The van der Waals surface area contributed by atoms with Crippen molar-refractivity contribution in [3.8, 4) is 5.75 Å². The second kappa shape index (κ2) is 4.92. The highest BCUT2D eigenvalue weighted by atomic mass is 32.2. The van der Waals surface area contributed by atoms with E-state index in [1.165, 1.54) is 4.31 Å². The van der Waals surface area contributed by atoms with Crippen LogP contribution in [0.3, 0.4) is 0 Å². The first-order valence-corrected chi connectivity index (χ1v) is 7.78. The zero-order chi connectivity index (χ0) is 14.2.